The van der Waals surface area contributed by atoms with Crippen molar-refractivity contribution in [1.82, 2.24) is 9.80 Å². The number of hydrogen-bond donors (Lipinski definition) is 0. The number of likely N-dealkylation sites (tertiary alicyclic amines) is 2. The first-order valence-corrected chi connectivity index (χ1v) is 8.18. The number of hydrogen-bond acceptors (Lipinski definition) is 3. The maximum absolute atomic E-state index is 12.3. The molecular weight excluding hydrogens is 250 g/mol. The van der Waals surface area contributed by atoms with E-state index in [4.69, 9.17) is 5.26 Å². The molecule has 1 atom stereocenters. The lowest BCUT2D eigenvalue weighted by molar-refractivity contribution is -0.135. The molecule has 0 radical (unpaired) electrons. The maximum Gasteiger partial charge on any atom is 0.239 e. The Morgan fingerprint density at radius 3 is 2.40 bits per heavy atom. The Labute approximate surface area is 122 Å². The summed E-state index contributed by atoms with van der Waals surface area (Å²) in [6, 6.07) is 2.83. The molecular formula is C16H27N3O. The Bertz CT molecular complexity index is 349. The number of piperidine rings is 2. The maximum atomic E-state index is 12.3. The third-order valence-electron chi connectivity index (χ3n) is 4.71. The highest BCUT2D eigenvalue weighted by Gasteiger charge is 2.30. The van der Waals surface area contributed by atoms with E-state index in [1.165, 1.54) is 32.4 Å². The molecule has 0 saturated carbocycles. The molecule has 2 heterocycles. The monoisotopic (exact) mass is 277 g/mol. The summed E-state index contributed by atoms with van der Waals surface area (Å²) in [5, 5.41) is 9.11. The van der Waals surface area contributed by atoms with Gasteiger partial charge in [0, 0.05) is 19.1 Å². The van der Waals surface area contributed by atoms with E-state index >= 15 is 0 Å². The smallest absolute Gasteiger partial charge is 0.239 e. The first kappa shape index (κ1) is 15.3. The minimum Gasteiger partial charge on any atom is -0.341 e. The van der Waals surface area contributed by atoms with E-state index in [2.05, 4.69) is 11.0 Å². The second kappa shape index (κ2) is 7.64. The van der Waals surface area contributed by atoms with E-state index < -0.39 is 5.92 Å². The molecule has 4 nitrogen and oxygen atoms in total. The molecule has 0 aliphatic carbocycles. The molecule has 0 aromatic carbocycles. The van der Waals surface area contributed by atoms with Gasteiger partial charge in [-0.15, -0.1) is 0 Å². The Balaban J connectivity index is 1.81. The molecule has 20 heavy (non-hydrogen) atoms. The summed E-state index contributed by atoms with van der Waals surface area (Å²) in [7, 11) is 0. The van der Waals surface area contributed by atoms with Crippen LogP contribution in [0.25, 0.3) is 0 Å². The fraction of sp³-hybridized carbons (Fsp3) is 0.875. The van der Waals surface area contributed by atoms with Gasteiger partial charge in [-0.25, -0.2) is 0 Å². The van der Waals surface area contributed by atoms with Crippen molar-refractivity contribution in [2.75, 3.05) is 26.2 Å². The van der Waals surface area contributed by atoms with Crippen LogP contribution in [-0.2, 0) is 4.79 Å². The molecule has 1 unspecified atom stereocenters. The van der Waals surface area contributed by atoms with Crippen molar-refractivity contribution in [3.63, 3.8) is 0 Å². The van der Waals surface area contributed by atoms with Crippen molar-refractivity contribution in [3.8, 4) is 6.07 Å². The van der Waals surface area contributed by atoms with Crippen LogP contribution in [0, 0.1) is 17.2 Å². The van der Waals surface area contributed by atoms with Crippen molar-refractivity contribution >= 4 is 5.91 Å². The summed E-state index contributed by atoms with van der Waals surface area (Å²) in [4.78, 5) is 16.8. The SMILES string of the molecule is CCCC(C#N)C(=O)N1CCC(N2CCCCC2)CC1. The third-order valence-corrected chi connectivity index (χ3v) is 4.71. The van der Waals surface area contributed by atoms with Crippen molar-refractivity contribution in [2.24, 2.45) is 5.92 Å². The van der Waals surface area contributed by atoms with Gasteiger partial charge in [-0.05, 0) is 45.2 Å². The Morgan fingerprint density at radius 2 is 1.85 bits per heavy atom. The molecule has 2 saturated heterocycles. The minimum atomic E-state index is -0.425. The second-order valence-electron chi connectivity index (χ2n) is 6.12. The summed E-state index contributed by atoms with van der Waals surface area (Å²) < 4.78 is 0. The van der Waals surface area contributed by atoms with E-state index in [9.17, 15) is 4.79 Å². The van der Waals surface area contributed by atoms with E-state index in [0.29, 0.717) is 12.5 Å². The first-order chi connectivity index (χ1) is 9.76. The van der Waals surface area contributed by atoms with Gasteiger partial charge in [0.15, 0.2) is 0 Å². The van der Waals surface area contributed by atoms with Crippen LogP contribution < -0.4 is 0 Å². The highest BCUT2D eigenvalue weighted by molar-refractivity contribution is 5.81. The molecule has 112 valence electrons. The lowest BCUT2D eigenvalue weighted by atomic mass is 9.97. The summed E-state index contributed by atoms with van der Waals surface area (Å²) in [6.45, 7) is 6.16. The number of carbonyl (C=O) groups is 1. The van der Waals surface area contributed by atoms with E-state index in [-0.39, 0.29) is 5.91 Å². The average molecular weight is 277 g/mol. The van der Waals surface area contributed by atoms with Gasteiger partial charge >= 0.3 is 0 Å². The zero-order valence-corrected chi connectivity index (χ0v) is 12.7. The zero-order valence-electron chi connectivity index (χ0n) is 12.7. The molecule has 2 aliphatic heterocycles. The van der Waals surface area contributed by atoms with E-state index in [1.54, 1.807) is 0 Å². The highest BCUT2D eigenvalue weighted by atomic mass is 16.2. The lowest BCUT2D eigenvalue weighted by Crippen LogP contribution is -2.49. The number of amides is 1. The van der Waals surface area contributed by atoms with Crippen LogP contribution in [-0.4, -0.2) is 47.9 Å². The van der Waals surface area contributed by atoms with Crippen LogP contribution in [0.5, 0.6) is 0 Å². The fourth-order valence-corrected chi connectivity index (χ4v) is 3.49. The topological polar surface area (TPSA) is 47.3 Å². The van der Waals surface area contributed by atoms with Gasteiger partial charge in [0.05, 0.1) is 6.07 Å². The average Bonchev–Trinajstić information content (AvgIpc) is 2.53. The Hall–Kier alpha value is -1.08. The summed E-state index contributed by atoms with van der Waals surface area (Å²) in [6.07, 6.45) is 7.77. The van der Waals surface area contributed by atoms with Crippen LogP contribution in [0.15, 0.2) is 0 Å². The van der Waals surface area contributed by atoms with Crippen LogP contribution in [0.3, 0.4) is 0 Å². The quantitative estimate of drug-likeness (QED) is 0.793. The molecule has 0 bridgehead atoms. The molecule has 2 aliphatic rings. The fourth-order valence-electron chi connectivity index (χ4n) is 3.49. The molecule has 0 spiro atoms. The predicted octanol–water partition coefficient (Wildman–Crippen LogP) is 2.40. The predicted molar refractivity (Wildman–Crippen MR) is 79.0 cm³/mol. The third kappa shape index (κ3) is 3.73. The standard InChI is InChI=1S/C16H27N3O/c1-2-6-14(13-17)16(20)19-11-7-15(8-12-19)18-9-4-3-5-10-18/h14-15H,2-12H2,1H3. The van der Waals surface area contributed by atoms with Gasteiger partial charge < -0.3 is 9.80 Å². The van der Waals surface area contributed by atoms with Crippen molar-refractivity contribution in [2.45, 2.75) is 57.9 Å². The Morgan fingerprint density at radius 1 is 1.20 bits per heavy atom. The summed E-state index contributed by atoms with van der Waals surface area (Å²) in [5.41, 5.74) is 0. The molecule has 0 aromatic rings. The lowest BCUT2D eigenvalue weighted by Gasteiger charge is -2.40. The summed E-state index contributed by atoms with van der Waals surface area (Å²) in [5.74, 6) is -0.363. The zero-order chi connectivity index (χ0) is 14.4. The molecule has 0 N–H and O–H groups in total. The van der Waals surface area contributed by atoms with E-state index in [1.807, 2.05) is 11.8 Å². The van der Waals surface area contributed by atoms with Gasteiger partial charge in [0.2, 0.25) is 5.91 Å². The van der Waals surface area contributed by atoms with Gasteiger partial charge in [0.1, 0.15) is 5.92 Å². The largest absolute Gasteiger partial charge is 0.341 e. The number of nitriles is 1. The first-order valence-electron chi connectivity index (χ1n) is 8.18. The second-order valence-corrected chi connectivity index (χ2v) is 6.12. The highest BCUT2D eigenvalue weighted by Crippen LogP contribution is 2.22. The molecule has 2 fully saturated rings. The number of nitrogens with zero attached hydrogens (tertiary/aromatic N) is 3. The normalized spacial score (nSPS) is 23.3. The minimum absolute atomic E-state index is 0.0615. The molecule has 2 rings (SSSR count). The molecule has 4 heteroatoms. The van der Waals surface area contributed by atoms with Gasteiger partial charge in [-0.1, -0.05) is 19.8 Å². The van der Waals surface area contributed by atoms with Gasteiger partial charge in [0.25, 0.3) is 0 Å². The van der Waals surface area contributed by atoms with Crippen LogP contribution in [0.4, 0.5) is 0 Å². The molecule has 0 aromatic heterocycles. The number of rotatable bonds is 4. The Kier molecular flexibility index (Phi) is 5.85. The van der Waals surface area contributed by atoms with Crippen LogP contribution in [0.2, 0.25) is 0 Å². The van der Waals surface area contributed by atoms with Gasteiger partial charge in [-0.3, -0.25) is 4.79 Å². The molecule has 1 amide bonds. The van der Waals surface area contributed by atoms with E-state index in [0.717, 1.165) is 32.4 Å². The van der Waals surface area contributed by atoms with Crippen molar-refractivity contribution < 1.29 is 4.79 Å². The van der Waals surface area contributed by atoms with Gasteiger partial charge in [-0.2, -0.15) is 5.26 Å². The van der Waals surface area contributed by atoms with Crippen LogP contribution >= 0.6 is 0 Å². The number of carbonyl (C=O) groups excluding carboxylic acids is 1. The van der Waals surface area contributed by atoms with Crippen molar-refractivity contribution in [3.05, 3.63) is 0 Å². The summed E-state index contributed by atoms with van der Waals surface area (Å²) >= 11 is 0. The van der Waals surface area contributed by atoms with Crippen molar-refractivity contribution in [1.29, 1.82) is 5.26 Å². The van der Waals surface area contributed by atoms with Crippen LogP contribution in [0.1, 0.15) is 51.9 Å².